The second kappa shape index (κ2) is 6.36. The first kappa shape index (κ1) is 18.0. The van der Waals surface area contributed by atoms with E-state index in [9.17, 15) is 14.9 Å². The number of anilines is 2. The van der Waals surface area contributed by atoms with Crippen molar-refractivity contribution in [2.45, 2.75) is 45.1 Å². The summed E-state index contributed by atoms with van der Waals surface area (Å²) >= 11 is 0. The molecule has 2 aromatic heterocycles. The maximum Gasteiger partial charge on any atom is 0.269 e. The molecule has 1 aliphatic carbocycles. The third-order valence-corrected chi connectivity index (χ3v) is 4.52. The highest BCUT2D eigenvalue weighted by Gasteiger charge is 2.33. The molecule has 1 aromatic carbocycles. The van der Waals surface area contributed by atoms with Crippen molar-refractivity contribution in [1.82, 2.24) is 14.6 Å². The predicted octanol–water partition coefficient (Wildman–Crippen LogP) is 3.91. The SMILES string of the molecule is CC(C)(C)Nc1c(C2CC2)nc2c(C(=O)Nc3ccc([N+](=O)[O-])cc3)c[nH]n12. The van der Waals surface area contributed by atoms with E-state index >= 15 is 0 Å². The van der Waals surface area contributed by atoms with Gasteiger partial charge in [-0.3, -0.25) is 20.0 Å². The van der Waals surface area contributed by atoms with Crippen molar-refractivity contribution in [2.75, 3.05) is 10.6 Å². The van der Waals surface area contributed by atoms with Crippen LogP contribution in [0.2, 0.25) is 0 Å². The molecule has 3 N–H and O–H groups in total. The highest BCUT2D eigenvalue weighted by Crippen LogP contribution is 2.44. The molecule has 1 aliphatic rings. The van der Waals surface area contributed by atoms with Crippen molar-refractivity contribution in [3.63, 3.8) is 0 Å². The van der Waals surface area contributed by atoms with Gasteiger partial charge in [-0.25, -0.2) is 9.50 Å². The number of benzene rings is 1. The maximum absolute atomic E-state index is 12.8. The Hall–Kier alpha value is -3.36. The zero-order valence-electron chi connectivity index (χ0n) is 15.9. The molecule has 0 radical (unpaired) electrons. The number of carbonyl (C=O) groups excluding carboxylic acids is 1. The van der Waals surface area contributed by atoms with Gasteiger partial charge >= 0.3 is 0 Å². The maximum atomic E-state index is 12.8. The number of hydrogen-bond acceptors (Lipinski definition) is 5. The molecular weight excluding hydrogens is 360 g/mol. The fraction of sp³-hybridized carbons (Fsp3) is 0.368. The van der Waals surface area contributed by atoms with Crippen LogP contribution in [0.25, 0.3) is 5.65 Å². The van der Waals surface area contributed by atoms with Crippen LogP contribution in [0.5, 0.6) is 0 Å². The second-order valence-electron chi connectivity index (χ2n) is 8.10. The number of hydrogen-bond donors (Lipinski definition) is 3. The van der Waals surface area contributed by atoms with Crippen molar-refractivity contribution in [3.8, 4) is 0 Å². The normalized spacial score (nSPS) is 14.2. The van der Waals surface area contributed by atoms with Crippen molar-refractivity contribution >= 4 is 28.7 Å². The fourth-order valence-electron chi connectivity index (χ4n) is 3.09. The molecule has 0 unspecified atom stereocenters. The Morgan fingerprint density at radius 2 is 1.96 bits per heavy atom. The number of amides is 1. The smallest absolute Gasteiger partial charge is 0.269 e. The van der Waals surface area contributed by atoms with Gasteiger partial charge < -0.3 is 10.6 Å². The molecule has 0 bridgehead atoms. The van der Waals surface area contributed by atoms with E-state index in [0.717, 1.165) is 24.4 Å². The summed E-state index contributed by atoms with van der Waals surface area (Å²) in [6.45, 7) is 6.23. The number of H-pyrrole nitrogens is 1. The van der Waals surface area contributed by atoms with E-state index < -0.39 is 4.92 Å². The van der Waals surface area contributed by atoms with Crippen LogP contribution in [-0.2, 0) is 0 Å². The largest absolute Gasteiger partial charge is 0.364 e. The van der Waals surface area contributed by atoms with Gasteiger partial charge in [-0.2, -0.15) is 0 Å². The van der Waals surface area contributed by atoms with E-state index in [1.165, 1.54) is 24.3 Å². The van der Waals surface area contributed by atoms with Gasteiger partial charge in [-0.05, 0) is 45.7 Å². The molecule has 0 saturated heterocycles. The molecule has 146 valence electrons. The van der Waals surface area contributed by atoms with Crippen LogP contribution >= 0.6 is 0 Å². The van der Waals surface area contributed by atoms with Gasteiger partial charge in [-0.1, -0.05) is 0 Å². The minimum absolute atomic E-state index is 0.0257. The zero-order chi connectivity index (χ0) is 20.1. The average molecular weight is 382 g/mol. The van der Waals surface area contributed by atoms with Crippen LogP contribution < -0.4 is 10.6 Å². The number of nitro groups is 1. The molecule has 0 aliphatic heterocycles. The van der Waals surface area contributed by atoms with Gasteiger partial charge in [0.15, 0.2) is 5.65 Å². The number of nitro benzene ring substituents is 1. The van der Waals surface area contributed by atoms with Crippen LogP contribution in [0.1, 0.15) is 55.6 Å². The summed E-state index contributed by atoms with van der Waals surface area (Å²) < 4.78 is 1.81. The predicted molar refractivity (Wildman–Crippen MR) is 106 cm³/mol. The van der Waals surface area contributed by atoms with Crippen molar-refractivity contribution < 1.29 is 9.72 Å². The van der Waals surface area contributed by atoms with Gasteiger partial charge in [0.05, 0.1) is 10.6 Å². The van der Waals surface area contributed by atoms with Crippen molar-refractivity contribution in [3.05, 3.63) is 51.8 Å². The first-order chi connectivity index (χ1) is 13.2. The molecule has 3 aromatic rings. The molecule has 0 spiro atoms. The fourth-order valence-corrected chi connectivity index (χ4v) is 3.09. The van der Waals surface area contributed by atoms with Gasteiger partial charge in [0.2, 0.25) is 0 Å². The summed E-state index contributed by atoms with van der Waals surface area (Å²) in [5.41, 5.74) is 2.27. The molecule has 0 atom stereocenters. The molecule has 28 heavy (non-hydrogen) atoms. The topological polar surface area (TPSA) is 117 Å². The lowest BCUT2D eigenvalue weighted by Crippen LogP contribution is -2.27. The summed E-state index contributed by atoms with van der Waals surface area (Å²) in [6, 6.07) is 5.73. The first-order valence-corrected chi connectivity index (χ1v) is 9.16. The number of carbonyl (C=O) groups is 1. The van der Waals surface area contributed by atoms with Crippen molar-refractivity contribution in [1.29, 1.82) is 0 Å². The Balaban J connectivity index is 1.64. The molecule has 4 rings (SSSR count). The number of rotatable bonds is 5. The third-order valence-electron chi connectivity index (χ3n) is 4.52. The molecule has 1 saturated carbocycles. The van der Waals surface area contributed by atoms with Gasteiger partial charge in [-0.15, -0.1) is 0 Å². The summed E-state index contributed by atoms with van der Waals surface area (Å²) in [7, 11) is 0. The van der Waals surface area contributed by atoms with E-state index in [0.29, 0.717) is 22.8 Å². The summed E-state index contributed by atoms with van der Waals surface area (Å²) in [5.74, 6) is 0.984. The molecular formula is C19H22N6O3. The Morgan fingerprint density at radius 1 is 1.29 bits per heavy atom. The molecule has 2 heterocycles. The quantitative estimate of drug-likeness (QED) is 0.457. The lowest BCUT2D eigenvalue weighted by molar-refractivity contribution is -0.384. The summed E-state index contributed by atoms with van der Waals surface area (Å²) in [4.78, 5) is 27.8. The average Bonchev–Trinajstić information content (AvgIpc) is 3.28. The summed E-state index contributed by atoms with van der Waals surface area (Å²) in [5, 5.41) is 20.1. The number of nitrogens with one attached hydrogen (secondary N) is 3. The summed E-state index contributed by atoms with van der Waals surface area (Å²) in [6.07, 6.45) is 3.82. The van der Waals surface area contributed by atoms with Crippen LogP contribution in [-0.4, -0.2) is 31.0 Å². The Bertz CT molecular complexity index is 1050. The highest BCUT2D eigenvalue weighted by molar-refractivity contribution is 6.08. The Labute approximate surface area is 161 Å². The standard InChI is InChI=1S/C19H22N6O3/c1-19(2,3)23-17-15(11-4-5-11)22-16-14(10-20-24(16)17)18(26)21-12-6-8-13(9-7-12)25(27)28/h6-11,20,23H,4-5H2,1-3H3,(H,21,26). The number of fused-ring (bicyclic) bond motifs is 1. The lowest BCUT2D eigenvalue weighted by atomic mass is 10.1. The van der Waals surface area contributed by atoms with Crippen molar-refractivity contribution in [2.24, 2.45) is 0 Å². The van der Waals surface area contributed by atoms with E-state index in [-0.39, 0.29) is 17.1 Å². The van der Waals surface area contributed by atoms with E-state index in [2.05, 4.69) is 36.5 Å². The van der Waals surface area contributed by atoms with Crippen LogP contribution in [0.4, 0.5) is 17.2 Å². The molecule has 1 amide bonds. The first-order valence-electron chi connectivity index (χ1n) is 9.16. The van der Waals surface area contributed by atoms with E-state index in [1.54, 1.807) is 6.20 Å². The zero-order valence-corrected chi connectivity index (χ0v) is 15.9. The lowest BCUT2D eigenvalue weighted by Gasteiger charge is -2.22. The third kappa shape index (κ3) is 3.42. The van der Waals surface area contributed by atoms with E-state index in [4.69, 9.17) is 4.98 Å². The van der Waals surface area contributed by atoms with Crippen LogP contribution in [0.3, 0.4) is 0 Å². The van der Waals surface area contributed by atoms with E-state index in [1.807, 2.05) is 4.52 Å². The van der Waals surface area contributed by atoms with Gasteiger partial charge in [0, 0.05) is 35.5 Å². The molecule has 9 nitrogen and oxygen atoms in total. The number of nitrogens with zero attached hydrogens (tertiary/aromatic N) is 3. The van der Waals surface area contributed by atoms with Gasteiger partial charge in [0.25, 0.3) is 11.6 Å². The molecule has 9 heteroatoms. The second-order valence-corrected chi connectivity index (χ2v) is 8.10. The highest BCUT2D eigenvalue weighted by atomic mass is 16.6. The number of non-ortho nitro benzene ring substituents is 1. The van der Waals surface area contributed by atoms with Crippen LogP contribution in [0, 0.1) is 10.1 Å². The Morgan fingerprint density at radius 3 is 2.54 bits per heavy atom. The number of aromatic nitrogens is 3. The molecule has 1 fully saturated rings. The number of aromatic amines is 1. The van der Waals surface area contributed by atoms with Crippen LogP contribution in [0.15, 0.2) is 30.5 Å². The number of imidazole rings is 1. The van der Waals surface area contributed by atoms with Gasteiger partial charge in [0.1, 0.15) is 11.4 Å². The monoisotopic (exact) mass is 382 g/mol. The minimum atomic E-state index is -0.477. The minimum Gasteiger partial charge on any atom is -0.364 e. The Kier molecular flexibility index (Phi) is 4.10.